The van der Waals surface area contributed by atoms with Gasteiger partial charge in [0.05, 0.1) is 15.6 Å². The molecule has 3 aromatic rings. The van der Waals surface area contributed by atoms with Crippen molar-refractivity contribution in [3.8, 4) is 0 Å². The van der Waals surface area contributed by atoms with E-state index in [0.717, 1.165) is 77.4 Å². The Labute approximate surface area is 170 Å². The quantitative estimate of drug-likeness (QED) is 0.552. The molecule has 0 N–H and O–H groups in total. The summed E-state index contributed by atoms with van der Waals surface area (Å²) in [5, 5.41) is 0.830. The second-order valence-electron chi connectivity index (χ2n) is 7.95. The second-order valence-corrected chi connectivity index (χ2v) is 9.82. The van der Waals surface area contributed by atoms with E-state index in [2.05, 4.69) is 27.8 Å². The zero-order chi connectivity index (χ0) is 18.7. The van der Waals surface area contributed by atoms with Gasteiger partial charge in [-0.1, -0.05) is 6.92 Å². The van der Waals surface area contributed by atoms with E-state index in [1.165, 1.54) is 16.9 Å². The predicted octanol–water partition coefficient (Wildman–Crippen LogP) is 4.49. The van der Waals surface area contributed by atoms with E-state index in [4.69, 9.17) is 9.97 Å². The lowest BCUT2D eigenvalue weighted by Crippen LogP contribution is -2.37. The Morgan fingerprint density at radius 1 is 1.15 bits per heavy atom. The molecule has 2 aliphatic rings. The van der Waals surface area contributed by atoms with E-state index in [9.17, 15) is 4.79 Å². The summed E-state index contributed by atoms with van der Waals surface area (Å²) < 4.78 is 2.58. The molecule has 1 fully saturated rings. The summed E-state index contributed by atoms with van der Waals surface area (Å²) in [6.45, 7) is 6.16. The fraction of sp³-hybridized carbons (Fsp3) is 0.550. The van der Waals surface area contributed by atoms with E-state index < -0.39 is 0 Å². The summed E-state index contributed by atoms with van der Waals surface area (Å²) in [7, 11) is 0. The number of piperidine rings is 1. The minimum absolute atomic E-state index is 0.0521. The molecule has 142 valence electrons. The van der Waals surface area contributed by atoms with Crippen molar-refractivity contribution in [3.63, 3.8) is 0 Å². The van der Waals surface area contributed by atoms with Gasteiger partial charge in [-0.15, -0.1) is 11.3 Å². The van der Waals surface area contributed by atoms with Gasteiger partial charge in [-0.3, -0.25) is 4.79 Å². The minimum atomic E-state index is 0.0521. The number of aromatic nitrogens is 3. The summed E-state index contributed by atoms with van der Waals surface area (Å²) in [5.74, 6) is 1.49. The SMILES string of the molecule is Cc1nc(N2CCC(C)CC2)n2c(=O)c3c4c(sc3nc2c1Br)CCCC4. The first-order valence-electron chi connectivity index (χ1n) is 9.82. The zero-order valence-electron chi connectivity index (χ0n) is 15.7. The van der Waals surface area contributed by atoms with Crippen molar-refractivity contribution in [1.82, 2.24) is 14.4 Å². The highest BCUT2D eigenvalue weighted by molar-refractivity contribution is 9.10. The average Bonchev–Trinajstić information content (AvgIpc) is 3.04. The van der Waals surface area contributed by atoms with Crippen LogP contribution in [0.15, 0.2) is 9.27 Å². The van der Waals surface area contributed by atoms with Gasteiger partial charge in [0.25, 0.3) is 5.56 Å². The molecule has 0 saturated carbocycles. The number of rotatable bonds is 1. The van der Waals surface area contributed by atoms with Gasteiger partial charge < -0.3 is 4.90 Å². The van der Waals surface area contributed by atoms with Gasteiger partial charge in [0.15, 0.2) is 5.65 Å². The van der Waals surface area contributed by atoms with Crippen LogP contribution in [0.25, 0.3) is 15.9 Å². The van der Waals surface area contributed by atoms with Crippen LogP contribution in [0.4, 0.5) is 5.95 Å². The molecule has 0 bridgehead atoms. The van der Waals surface area contributed by atoms with Crippen molar-refractivity contribution in [1.29, 1.82) is 0 Å². The maximum Gasteiger partial charge on any atom is 0.269 e. The predicted molar refractivity (Wildman–Crippen MR) is 114 cm³/mol. The maximum atomic E-state index is 13.7. The van der Waals surface area contributed by atoms with Crippen LogP contribution in [0.3, 0.4) is 0 Å². The molecule has 0 unspecified atom stereocenters. The molecule has 3 aromatic heterocycles. The molecule has 0 atom stereocenters. The van der Waals surface area contributed by atoms with Crippen LogP contribution in [0, 0.1) is 12.8 Å². The lowest BCUT2D eigenvalue weighted by molar-refractivity contribution is 0.433. The van der Waals surface area contributed by atoms with Crippen molar-refractivity contribution >= 4 is 49.1 Å². The van der Waals surface area contributed by atoms with Crippen LogP contribution in [0.1, 0.15) is 48.7 Å². The first kappa shape index (κ1) is 17.6. The maximum absolute atomic E-state index is 13.7. The molecule has 0 spiro atoms. The van der Waals surface area contributed by atoms with Crippen molar-refractivity contribution < 1.29 is 0 Å². The smallest absolute Gasteiger partial charge is 0.269 e. The highest BCUT2D eigenvalue weighted by Gasteiger charge is 2.26. The van der Waals surface area contributed by atoms with Gasteiger partial charge in [-0.05, 0) is 72.9 Å². The molecule has 0 radical (unpaired) electrons. The summed E-state index contributed by atoms with van der Waals surface area (Å²) in [6.07, 6.45) is 6.71. The van der Waals surface area contributed by atoms with Gasteiger partial charge in [-0.25, -0.2) is 14.4 Å². The summed E-state index contributed by atoms with van der Waals surface area (Å²) in [4.78, 5) is 27.9. The Morgan fingerprint density at radius 2 is 1.89 bits per heavy atom. The zero-order valence-corrected chi connectivity index (χ0v) is 18.1. The fourth-order valence-electron chi connectivity index (χ4n) is 4.37. The van der Waals surface area contributed by atoms with E-state index >= 15 is 0 Å². The Bertz CT molecular complexity index is 1110. The largest absolute Gasteiger partial charge is 0.342 e. The number of halogens is 1. The van der Waals surface area contributed by atoms with Gasteiger partial charge in [0.1, 0.15) is 4.83 Å². The minimum Gasteiger partial charge on any atom is -0.342 e. The monoisotopic (exact) mass is 446 g/mol. The Kier molecular flexibility index (Phi) is 4.27. The van der Waals surface area contributed by atoms with Gasteiger partial charge in [0, 0.05) is 18.0 Å². The number of aryl methyl sites for hydroxylation is 3. The molecule has 1 aliphatic carbocycles. The van der Waals surface area contributed by atoms with E-state index in [1.54, 1.807) is 15.7 Å². The summed E-state index contributed by atoms with van der Waals surface area (Å²) in [5.41, 5.74) is 2.88. The van der Waals surface area contributed by atoms with E-state index in [1.807, 2.05) is 6.92 Å². The highest BCUT2D eigenvalue weighted by atomic mass is 79.9. The van der Waals surface area contributed by atoms with Crippen molar-refractivity contribution in [2.75, 3.05) is 18.0 Å². The van der Waals surface area contributed by atoms with Gasteiger partial charge in [0.2, 0.25) is 5.95 Å². The summed E-state index contributed by atoms with van der Waals surface area (Å²) >= 11 is 5.35. The highest BCUT2D eigenvalue weighted by Crippen LogP contribution is 2.35. The molecule has 7 heteroatoms. The van der Waals surface area contributed by atoms with Crippen LogP contribution in [0.2, 0.25) is 0 Å². The van der Waals surface area contributed by atoms with Crippen molar-refractivity contribution in [3.05, 3.63) is 31.0 Å². The van der Waals surface area contributed by atoms with Crippen LogP contribution >= 0.6 is 27.3 Å². The van der Waals surface area contributed by atoms with E-state index in [-0.39, 0.29) is 5.56 Å². The average molecular weight is 447 g/mol. The van der Waals surface area contributed by atoms with Crippen molar-refractivity contribution in [2.24, 2.45) is 5.92 Å². The normalized spacial score (nSPS) is 18.4. The molecule has 5 rings (SSSR count). The third kappa shape index (κ3) is 2.73. The Balaban J connectivity index is 1.82. The lowest BCUT2D eigenvalue weighted by Gasteiger charge is -2.31. The Morgan fingerprint density at radius 3 is 2.67 bits per heavy atom. The molecule has 1 aliphatic heterocycles. The van der Waals surface area contributed by atoms with Gasteiger partial charge >= 0.3 is 0 Å². The molecule has 27 heavy (non-hydrogen) atoms. The fourth-order valence-corrected chi connectivity index (χ4v) is 5.98. The number of nitrogens with zero attached hydrogens (tertiary/aromatic N) is 4. The third-order valence-electron chi connectivity index (χ3n) is 6.04. The number of fused-ring (bicyclic) bond motifs is 4. The summed E-state index contributed by atoms with van der Waals surface area (Å²) in [6, 6.07) is 0. The number of hydrogen-bond donors (Lipinski definition) is 0. The van der Waals surface area contributed by atoms with Crippen LogP contribution in [-0.2, 0) is 12.8 Å². The van der Waals surface area contributed by atoms with Gasteiger partial charge in [-0.2, -0.15) is 0 Å². The van der Waals surface area contributed by atoms with E-state index in [0.29, 0.717) is 5.65 Å². The third-order valence-corrected chi connectivity index (χ3v) is 8.15. The molecular weight excluding hydrogens is 424 g/mol. The lowest BCUT2D eigenvalue weighted by atomic mass is 9.97. The molecule has 0 amide bonds. The topological polar surface area (TPSA) is 50.5 Å². The number of anilines is 1. The second kappa shape index (κ2) is 6.55. The standard InChI is InChI=1S/C20H23BrN4OS/c1-11-7-9-24(10-8-11)20-22-12(2)16(21)17-23-18-15(19(26)25(17)20)13-5-3-4-6-14(13)27-18/h11H,3-10H2,1-2H3. The molecular formula is C20H23BrN4OS. The van der Waals surface area contributed by atoms with Crippen LogP contribution < -0.4 is 10.5 Å². The molecule has 0 aromatic carbocycles. The number of hydrogen-bond acceptors (Lipinski definition) is 5. The molecule has 5 nitrogen and oxygen atoms in total. The van der Waals surface area contributed by atoms with Crippen molar-refractivity contribution in [2.45, 2.75) is 52.4 Å². The molecule has 1 saturated heterocycles. The Hall–Kier alpha value is -1.47. The van der Waals surface area contributed by atoms with Crippen LogP contribution in [0.5, 0.6) is 0 Å². The van der Waals surface area contributed by atoms with Crippen LogP contribution in [-0.4, -0.2) is 27.5 Å². The number of thiophene rings is 1. The molecule has 4 heterocycles. The first-order chi connectivity index (χ1) is 13.0. The first-order valence-corrected chi connectivity index (χ1v) is 11.4.